The minimum atomic E-state index is -3.58. The number of amides is 1. The summed E-state index contributed by atoms with van der Waals surface area (Å²) in [4.78, 5) is 12.3. The third kappa shape index (κ3) is 5.58. The number of sulfonamides is 1. The van der Waals surface area contributed by atoms with E-state index in [9.17, 15) is 17.6 Å². The zero-order chi connectivity index (χ0) is 21.6. The Hall–Kier alpha value is -2.45. The van der Waals surface area contributed by atoms with Gasteiger partial charge in [-0.1, -0.05) is 36.2 Å². The highest BCUT2D eigenvalue weighted by atomic mass is 32.2. The largest absolute Gasteiger partial charge is 0.481 e. The van der Waals surface area contributed by atoms with Gasteiger partial charge in [-0.2, -0.15) is 4.31 Å². The second-order valence-electron chi connectivity index (χ2n) is 7.44. The van der Waals surface area contributed by atoms with E-state index in [0.29, 0.717) is 24.4 Å². The van der Waals surface area contributed by atoms with Crippen LogP contribution in [0.25, 0.3) is 0 Å². The first-order chi connectivity index (χ1) is 14.4. The first-order valence-corrected chi connectivity index (χ1v) is 11.5. The normalized spacial score (nSPS) is 17.5. The van der Waals surface area contributed by atoms with Crippen LogP contribution in [0.3, 0.4) is 0 Å². The molecule has 8 heteroatoms. The Labute approximate surface area is 177 Å². The first-order valence-electron chi connectivity index (χ1n) is 10.1. The molecule has 6 nitrogen and oxygen atoms in total. The fraction of sp³-hybridized carbons (Fsp3) is 0.409. The maximum atomic E-state index is 13.5. The van der Waals surface area contributed by atoms with Crippen molar-refractivity contribution in [3.05, 3.63) is 59.9 Å². The Balaban J connectivity index is 1.53. The predicted molar refractivity (Wildman–Crippen MR) is 112 cm³/mol. The highest BCUT2D eigenvalue weighted by Gasteiger charge is 2.33. The maximum absolute atomic E-state index is 13.5. The molecule has 1 saturated heterocycles. The predicted octanol–water partition coefficient (Wildman–Crippen LogP) is 3.26. The smallest absolute Gasteiger partial charge is 0.257 e. The molecule has 1 amide bonds. The third-order valence-corrected chi connectivity index (χ3v) is 7.16. The Morgan fingerprint density at radius 1 is 1.17 bits per heavy atom. The summed E-state index contributed by atoms with van der Waals surface area (Å²) >= 11 is 0. The molecule has 1 aliphatic rings. The minimum absolute atomic E-state index is 0.0234. The molecule has 1 unspecified atom stereocenters. The topological polar surface area (TPSA) is 75.7 Å². The van der Waals surface area contributed by atoms with Crippen molar-refractivity contribution < 1.29 is 22.3 Å². The van der Waals surface area contributed by atoms with Gasteiger partial charge in [0, 0.05) is 19.1 Å². The second-order valence-corrected chi connectivity index (χ2v) is 9.33. The molecule has 0 aliphatic carbocycles. The fourth-order valence-electron chi connectivity index (χ4n) is 3.56. The molecule has 1 atom stereocenters. The van der Waals surface area contributed by atoms with Gasteiger partial charge in [-0.05, 0) is 50.5 Å². The van der Waals surface area contributed by atoms with Crippen LogP contribution < -0.4 is 10.1 Å². The first kappa shape index (κ1) is 22.2. The van der Waals surface area contributed by atoms with Gasteiger partial charge < -0.3 is 10.1 Å². The van der Waals surface area contributed by atoms with Crippen LogP contribution in [0, 0.1) is 12.7 Å². The SMILES string of the molecule is Cc1ccc(S(=O)(=O)N2CCCCC2CCNC(=O)COc2ccccc2F)cc1. The molecular formula is C22H27FN2O4S. The number of benzene rings is 2. The number of hydrogen-bond donors (Lipinski definition) is 1. The molecule has 0 aromatic heterocycles. The highest BCUT2D eigenvalue weighted by Crippen LogP contribution is 2.27. The molecule has 3 rings (SSSR count). The van der Waals surface area contributed by atoms with Crippen LogP contribution in [-0.2, 0) is 14.8 Å². The summed E-state index contributed by atoms with van der Waals surface area (Å²) in [5, 5.41) is 2.73. The molecule has 1 N–H and O–H groups in total. The Morgan fingerprint density at radius 2 is 1.90 bits per heavy atom. The van der Waals surface area contributed by atoms with Gasteiger partial charge in [0.05, 0.1) is 4.90 Å². The van der Waals surface area contributed by atoms with Crippen molar-refractivity contribution >= 4 is 15.9 Å². The van der Waals surface area contributed by atoms with Crippen molar-refractivity contribution in [3.8, 4) is 5.75 Å². The number of nitrogens with zero attached hydrogens (tertiary/aromatic N) is 1. The molecule has 30 heavy (non-hydrogen) atoms. The number of nitrogens with one attached hydrogen (secondary N) is 1. The lowest BCUT2D eigenvalue weighted by Gasteiger charge is -2.34. The standard InChI is InChI=1S/C22H27FN2O4S/c1-17-9-11-19(12-10-17)30(27,28)25-15-5-4-6-18(25)13-14-24-22(26)16-29-21-8-3-2-7-20(21)23/h2-3,7-12,18H,4-6,13-16H2,1H3,(H,24,26). The Kier molecular flexibility index (Phi) is 7.44. The zero-order valence-electron chi connectivity index (χ0n) is 17.0. The number of para-hydroxylation sites is 1. The number of halogens is 1. The molecule has 0 spiro atoms. The average molecular weight is 435 g/mol. The summed E-state index contributed by atoms with van der Waals surface area (Å²) in [5.41, 5.74) is 1.00. The maximum Gasteiger partial charge on any atom is 0.257 e. The van der Waals surface area contributed by atoms with E-state index in [4.69, 9.17) is 4.74 Å². The third-order valence-electron chi connectivity index (χ3n) is 5.20. The number of carbonyl (C=O) groups is 1. The van der Waals surface area contributed by atoms with E-state index >= 15 is 0 Å². The number of carbonyl (C=O) groups excluding carboxylic acids is 1. The van der Waals surface area contributed by atoms with Gasteiger partial charge in [0.15, 0.2) is 18.2 Å². The number of rotatable bonds is 8. The monoisotopic (exact) mass is 434 g/mol. The number of ether oxygens (including phenoxy) is 1. The van der Waals surface area contributed by atoms with E-state index in [1.807, 2.05) is 6.92 Å². The number of hydrogen-bond acceptors (Lipinski definition) is 4. The molecule has 1 aliphatic heterocycles. The molecular weight excluding hydrogens is 407 g/mol. The van der Waals surface area contributed by atoms with Gasteiger partial charge in [0.2, 0.25) is 10.0 Å². The van der Waals surface area contributed by atoms with Gasteiger partial charge in [-0.15, -0.1) is 0 Å². The van der Waals surface area contributed by atoms with E-state index in [-0.39, 0.29) is 24.3 Å². The van der Waals surface area contributed by atoms with Crippen LogP contribution in [0.4, 0.5) is 4.39 Å². The number of piperidine rings is 1. The van der Waals surface area contributed by atoms with Crippen molar-refractivity contribution in [3.63, 3.8) is 0 Å². The number of aryl methyl sites for hydroxylation is 1. The van der Waals surface area contributed by atoms with Gasteiger partial charge in [-0.25, -0.2) is 12.8 Å². The summed E-state index contributed by atoms with van der Waals surface area (Å²) in [6, 6.07) is 12.6. The van der Waals surface area contributed by atoms with Crippen molar-refractivity contribution in [2.24, 2.45) is 0 Å². The van der Waals surface area contributed by atoms with Crippen molar-refractivity contribution in [2.45, 2.75) is 43.5 Å². The molecule has 2 aromatic carbocycles. The van der Waals surface area contributed by atoms with E-state index in [0.717, 1.165) is 24.8 Å². The molecule has 1 heterocycles. The van der Waals surface area contributed by atoms with Gasteiger partial charge in [-0.3, -0.25) is 4.79 Å². The van der Waals surface area contributed by atoms with Crippen LogP contribution in [0.2, 0.25) is 0 Å². The molecule has 162 valence electrons. The van der Waals surface area contributed by atoms with Crippen LogP contribution in [0.5, 0.6) is 5.75 Å². The Morgan fingerprint density at radius 3 is 2.63 bits per heavy atom. The quantitative estimate of drug-likeness (QED) is 0.692. The van der Waals surface area contributed by atoms with E-state index in [1.165, 1.54) is 12.1 Å². The molecule has 1 fully saturated rings. The van der Waals surface area contributed by atoms with E-state index in [1.54, 1.807) is 40.7 Å². The summed E-state index contributed by atoms with van der Waals surface area (Å²) in [5.74, 6) is -0.873. The molecule has 0 saturated carbocycles. The lowest BCUT2D eigenvalue weighted by molar-refractivity contribution is -0.123. The van der Waals surface area contributed by atoms with Gasteiger partial charge in [0.25, 0.3) is 5.91 Å². The summed E-state index contributed by atoms with van der Waals surface area (Å²) < 4.78 is 46.4. The molecule has 0 radical (unpaired) electrons. The van der Waals surface area contributed by atoms with Gasteiger partial charge >= 0.3 is 0 Å². The average Bonchev–Trinajstić information content (AvgIpc) is 2.74. The molecule has 2 aromatic rings. The van der Waals surface area contributed by atoms with Crippen LogP contribution in [-0.4, -0.2) is 44.4 Å². The summed E-state index contributed by atoms with van der Waals surface area (Å²) in [6.45, 7) is 2.42. The second kappa shape index (κ2) is 10.0. The van der Waals surface area contributed by atoms with Crippen LogP contribution >= 0.6 is 0 Å². The van der Waals surface area contributed by atoms with Gasteiger partial charge in [0.1, 0.15) is 0 Å². The summed E-state index contributed by atoms with van der Waals surface area (Å²) in [6.07, 6.45) is 3.04. The lowest BCUT2D eigenvalue weighted by Crippen LogP contribution is -2.45. The van der Waals surface area contributed by atoms with Crippen molar-refractivity contribution in [2.75, 3.05) is 19.7 Å². The Bertz CT molecular complexity index is 963. The van der Waals surface area contributed by atoms with Crippen molar-refractivity contribution in [1.82, 2.24) is 9.62 Å². The fourth-order valence-corrected chi connectivity index (χ4v) is 5.28. The van der Waals surface area contributed by atoms with E-state index in [2.05, 4.69) is 5.32 Å². The van der Waals surface area contributed by atoms with Crippen molar-refractivity contribution in [1.29, 1.82) is 0 Å². The molecule has 0 bridgehead atoms. The lowest BCUT2D eigenvalue weighted by atomic mass is 10.0. The minimum Gasteiger partial charge on any atom is -0.481 e. The van der Waals surface area contributed by atoms with Crippen LogP contribution in [0.1, 0.15) is 31.2 Å². The zero-order valence-corrected chi connectivity index (χ0v) is 17.8. The van der Waals surface area contributed by atoms with Crippen LogP contribution in [0.15, 0.2) is 53.4 Å². The highest BCUT2D eigenvalue weighted by molar-refractivity contribution is 7.89. The van der Waals surface area contributed by atoms with E-state index < -0.39 is 15.8 Å². The summed E-state index contributed by atoms with van der Waals surface area (Å²) in [7, 11) is -3.58.